The highest BCUT2D eigenvalue weighted by atomic mass is 32.2. The van der Waals surface area contributed by atoms with Gasteiger partial charge in [0.1, 0.15) is 0 Å². The Morgan fingerprint density at radius 2 is 0.621 bits per heavy atom. The van der Waals surface area contributed by atoms with Gasteiger partial charge in [0, 0.05) is 0 Å². The Labute approximate surface area is 175 Å². The fourth-order valence-corrected chi connectivity index (χ4v) is 5.12. The molecule has 142 valence electrons. The monoisotopic (exact) mass is 396 g/mol. The summed E-state index contributed by atoms with van der Waals surface area (Å²) in [5, 5.41) is 0. The van der Waals surface area contributed by atoms with E-state index >= 15 is 0 Å². The molecule has 1 saturated heterocycles. The van der Waals surface area contributed by atoms with Gasteiger partial charge in [-0.1, -0.05) is 121 Å². The maximum Gasteiger partial charge on any atom is 0.174 e. The molecule has 1 aliphatic rings. The predicted octanol–water partition coefficient (Wildman–Crippen LogP) is 6.48. The molecule has 1 heterocycles. The van der Waals surface area contributed by atoms with Gasteiger partial charge in [-0.2, -0.15) is 0 Å². The zero-order valence-corrected chi connectivity index (χ0v) is 16.6. The van der Waals surface area contributed by atoms with Crippen LogP contribution in [0.5, 0.6) is 0 Å². The first kappa shape index (κ1) is 18.2. The molecule has 2 nitrogen and oxygen atoms in total. The van der Waals surface area contributed by atoms with Crippen molar-refractivity contribution >= 4 is 12.3 Å². The molecule has 1 aliphatic heterocycles. The molecular weight excluding hydrogens is 376 g/mol. The Morgan fingerprint density at radius 3 is 0.862 bits per heavy atom. The van der Waals surface area contributed by atoms with Crippen LogP contribution < -0.4 is 0 Å². The molecule has 0 unspecified atom stereocenters. The third kappa shape index (κ3) is 2.74. The van der Waals surface area contributed by atoms with Crippen LogP contribution in [0.3, 0.4) is 0 Å². The third-order valence-electron chi connectivity index (χ3n) is 5.54. The maximum atomic E-state index is 6.53. The summed E-state index contributed by atoms with van der Waals surface area (Å²) in [7, 11) is 0. The second-order valence-corrected chi connectivity index (χ2v) is 7.53. The van der Waals surface area contributed by atoms with E-state index in [0.717, 1.165) is 34.6 Å². The zero-order chi connectivity index (χ0) is 19.6. The van der Waals surface area contributed by atoms with Crippen molar-refractivity contribution < 1.29 is 8.37 Å². The first-order chi connectivity index (χ1) is 14.4. The number of benzene rings is 4. The third-order valence-corrected chi connectivity index (χ3v) is 6.17. The lowest BCUT2D eigenvalue weighted by Crippen LogP contribution is -2.48. The topological polar surface area (TPSA) is 18.5 Å². The van der Waals surface area contributed by atoms with E-state index in [2.05, 4.69) is 48.5 Å². The summed E-state index contributed by atoms with van der Waals surface area (Å²) in [6.45, 7) is 0. The highest BCUT2D eigenvalue weighted by Gasteiger charge is 2.63. The van der Waals surface area contributed by atoms with Crippen molar-refractivity contribution in [3.63, 3.8) is 0 Å². The van der Waals surface area contributed by atoms with Crippen molar-refractivity contribution in [2.75, 3.05) is 0 Å². The molecule has 0 aliphatic carbocycles. The molecule has 0 aromatic heterocycles. The Hall–Kier alpha value is -2.85. The van der Waals surface area contributed by atoms with E-state index in [1.807, 2.05) is 72.8 Å². The van der Waals surface area contributed by atoms with Gasteiger partial charge in [0.05, 0.1) is 0 Å². The minimum Gasteiger partial charge on any atom is -0.271 e. The average molecular weight is 397 g/mol. The summed E-state index contributed by atoms with van der Waals surface area (Å²) in [5.74, 6) is 0. The Morgan fingerprint density at radius 1 is 0.379 bits per heavy atom. The van der Waals surface area contributed by atoms with Crippen molar-refractivity contribution in [1.29, 1.82) is 0 Å². The summed E-state index contributed by atoms with van der Waals surface area (Å²) in [6.07, 6.45) is 0. The van der Waals surface area contributed by atoms with Crippen molar-refractivity contribution in [3.8, 4) is 0 Å². The number of rotatable bonds is 4. The largest absolute Gasteiger partial charge is 0.271 e. The maximum absolute atomic E-state index is 6.53. The normalized spacial score (nSPS) is 17.1. The van der Waals surface area contributed by atoms with Crippen molar-refractivity contribution in [2.45, 2.75) is 11.2 Å². The lowest BCUT2D eigenvalue weighted by atomic mass is 9.66. The molecular formula is C26H20O2S. The lowest BCUT2D eigenvalue weighted by molar-refractivity contribution is 0.00370. The molecule has 0 saturated carbocycles. The van der Waals surface area contributed by atoms with Gasteiger partial charge in [0.15, 0.2) is 23.5 Å². The standard InChI is InChI=1S/C26H20O2S/c1-5-13-21(14-6-1)25(22-15-7-2-8-16-22)26(28-29-27-25,23-17-9-3-10-18-23)24-19-11-4-12-20-24/h1-20H. The van der Waals surface area contributed by atoms with Gasteiger partial charge in [-0.25, -0.2) is 0 Å². The van der Waals surface area contributed by atoms with E-state index in [-0.39, 0.29) is 0 Å². The zero-order valence-electron chi connectivity index (χ0n) is 15.8. The molecule has 0 radical (unpaired) electrons. The molecule has 29 heavy (non-hydrogen) atoms. The summed E-state index contributed by atoms with van der Waals surface area (Å²) in [4.78, 5) is 0. The highest BCUT2D eigenvalue weighted by molar-refractivity contribution is 7.90. The molecule has 4 aromatic rings. The Balaban J connectivity index is 1.90. The molecule has 5 rings (SSSR count). The van der Waals surface area contributed by atoms with E-state index in [4.69, 9.17) is 8.37 Å². The first-order valence-corrected chi connectivity index (χ1v) is 10.3. The molecule has 4 aromatic carbocycles. The fraction of sp³-hybridized carbons (Fsp3) is 0.0769. The molecule has 0 amide bonds. The lowest BCUT2D eigenvalue weighted by Gasteiger charge is -2.43. The highest BCUT2D eigenvalue weighted by Crippen LogP contribution is 2.62. The van der Waals surface area contributed by atoms with Crippen molar-refractivity contribution in [3.05, 3.63) is 144 Å². The molecule has 0 bridgehead atoms. The van der Waals surface area contributed by atoms with E-state index in [1.165, 1.54) is 0 Å². The number of hydrogen-bond donors (Lipinski definition) is 0. The van der Waals surface area contributed by atoms with Crippen LogP contribution in [0, 0.1) is 0 Å². The SMILES string of the molecule is c1ccc(C2(c3ccccc3)OSOC2(c2ccccc2)c2ccccc2)cc1. The summed E-state index contributed by atoms with van der Waals surface area (Å²) in [6, 6.07) is 41.4. The predicted molar refractivity (Wildman–Crippen MR) is 117 cm³/mol. The van der Waals surface area contributed by atoms with Gasteiger partial charge in [0.2, 0.25) is 0 Å². The van der Waals surface area contributed by atoms with Crippen LogP contribution in [0.4, 0.5) is 0 Å². The average Bonchev–Trinajstić information content (AvgIpc) is 3.24. The molecule has 0 atom stereocenters. The van der Waals surface area contributed by atoms with Gasteiger partial charge in [-0.15, -0.1) is 0 Å². The summed E-state index contributed by atoms with van der Waals surface area (Å²) in [5.41, 5.74) is 2.46. The minimum absolute atomic E-state index is 0.858. The van der Waals surface area contributed by atoms with Gasteiger partial charge < -0.3 is 0 Å². The molecule has 3 heteroatoms. The van der Waals surface area contributed by atoms with Crippen LogP contribution in [0.1, 0.15) is 22.3 Å². The second-order valence-electron chi connectivity index (χ2n) is 7.06. The second kappa shape index (κ2) is 7.53. The minimum atomic E-state index is -0.858. The van der Waals surface area contributed by atoms with Crippen LogP contribution in [0.25, 0.3) is 0 Å². The van der Waals surface area contributed by atoms with Crippen LogP contribution in [-0.4, -0.2) is 0 Å². The molecule has 1 fully saturated rings. The molecule has 0 spiro atoms. The van der Waals surface area contributed by atoms with E-state index < -0.39 is 11.2 Å². The first-order valence-electron chi connectivity index (χ1n) is 9.63. The van der Waals surface area contributed by atoms with Gasteiger partial charge >= 0.3 is 0 Å². The van der Waals surface area contributed by atoms with Crippen molar-refractivity contribution in [2.24, 2.45) is 0 Å². The van der Waals surface area contributed by atoms with Crippen LogP contribution >= 0.6 is 12.3 Å². The van der Waals surface area contributed by atoms with Gasteiger partial charge in [0.25, 0.3) is 0 Å². The van der Waals surface area contributed by atoms with E-state index in [0.29, 0.717) is 0 Å². The summed E-state index contributed by atoms with van der Waals surface area (Å²) < 4.78 is 13.1. The van der Waals surface area contributed by atoms with E-state index in [9.17, 15) is 0 Å². The van der Waals surface area contributed by atoms with Crippen LogP contribution in [-0.2, 0) is 19.6 Å². The van der Waals surface area contributed by atoms with Crippen molar-refractivity contribution in [1.82, 2.24) is 0 Å². The number of hydrogen-bond acceptors (Lipinski definition) is 3. The smallest absolute Gasteiger partial charge is 0.174 e. The van der Waals surface area contributed by atoms with Gasteiger partial charge in [-0.3, -0.25) is 8.37 Å². The summed E-state index contributed by atoms with van der Waals surface area (Å²) >= 11 is 1.07. The van der Waals surface area contributed by atoms with Crippen LogP contribution in [0.2, 0.25) is 0 Å². The van der Waals surface area contributed by atoms with E-state index in [1.54, 1.807) is 0 Å². The van der Waals surface area contributed by atoms with Gasteiger partial charge in [-0.05, 0) is 22.3 Å². The Bertz CT molecular complexity index is 899. The fourth-order valence-electron chi connectivity index (χ4n) is 4.27. The Kier molecular flexibility index (Phi) is 4.72. The quantitative estimate of drug-likeness (QED) is 0.368. The molecule has 0 N–H and O–H groups in total. The van der Waals surface area contributed by atoms with Crippen LogP contribution in [0.15, 0.2) is 121 Å².